The number of carbonyl (C=O) groups is 2. The van der Waals surface area contributed by atoms with Crippen molar-refractivity contribution in [2.45, 2.75) is 19.5 Å². The van der Waals surface area contributed by atoms with Gasteiger partial charge in [0, 0.05) is 13.1 Å². The van der Waals surface area contributed by atoms with E-state index in [9.17, 15) is 22.8 Å². The fraction of sp³-hybridized carbons (Fsp3) is 0.818. The minimum atomic E-state index is -4.98. The summed E-state index contributed by atoms with van der Waals surface area (Å²) in [5.41, 5.74) is 0. The highest BCUT2D eigenvalue weighted by molar-refractivity contribution is 5.82. The molecule has 1 atom stereocenters. The van der Waals surface area contributed by atoms with Gasteiger partial charge in [0.15, 0.2) is 0 Å². The maximum absolute atomic E-state index is 12.4. The molecular weight excluding hydrogens is 265 g/mol. The molecule has 0 aliphatic carbocycles. The molecule has 0 aliphatic rings. The van der Waals surface area contributed by atoms with E-state index in [4.69, 9.17) is 5.11 Å². The summed E-state index contributed by atoms with van der Waals surface area (Å²) >= 11 is 0. The minimum absolute atomic E-state index is 0.117. The van der Waals surface area contributed by atoms with Gasteiger partial charge in [-0.05, 0) is 27.1 Å². The number of carboxylic acids is 1. The Hall–Kier alpha value is -1.31. The highest BCUT2D eigenvalue weighted by Gasteiger charge is 2.42. The highest BCUT2D eigenvalue weighted by Crippen LogP contribution is 2.19. The maximum atomic E-state index is 12.4. The number of aliphatic carboxylic acids is 1. The molecule has 0 aromatic heterocycles. The summed E-state index contributed by atoms with van der Waals surface area (Å²) in [5.74, 6) is -4.25. The summed E-state index contributed by atoms with van der Waals surface area (Å²) < 4.78 is 37.2. The third kappa shape index (κ3) is 7.00. The Bertz CT molecular complexity index is 319. The van der Waals surface area contributed by atoms with Crippen molar-refractivity contribution in [1.82, 2.24) is 9.80 Å². The van der Waals surface area contributed by atoms with Crippen LogP contribution in [0.3, 0.4) is 0 Å². The van der Waals surface area contributed by atoms with Crippen molar-refractivity contribution in [1.29, 1.82) is 0 Å². The predicted molar refractivity (Wildman–Crippen MR) is 62.6 cm³/mol. The first kappa shape index (κ1) is 17.7. The molecule has 0 spiro atoms. The molecule has 0 aliphatic heterocycles. The van der Waals surface area contributed by atoms with Gasteiger partial charge in [-0.25, -0.2) is 0 Å². The number of hydrogen-bond donors (Lipinski definition) is 1. The monoisotopic (exact) mass is 284 g/mol. The molecule has 0 aromatic carbocycles. The van der Waals surface area contributed by atoms with Gasteiger partial charge in [-0.1, -0.05) is 6.92 Å². The number of hydrogen-bond acceptors (Lipinski definition) is 3. The number of carbonyl (C=O) groups excluding carboxylic acids is 1. The first-order chi connectivity index (χ1) is 8.55. The van der Waals surface area contributed by atoms with E-state index in [-0.39, 0.29) is 6.54 Å². The lowest BCUT2D eigenvalue weighted by Gasteiger charge is -2.26. The molecule has 0 radical (unpaired) electrons. The highest BCUT2D eigenvalue weighted by atomic mass is 19.4. The molecule has 0 bridgehead atoms. The van der Waals surface area contributed by atoms with Crippen molar-refractivity contribution < 1.29 is 27.9 Å². The smallest absolute Gasteiger partial charge is 0.471 e. The van der Waals surface area contributed by atoms with Gasteiger partial charge in [-0.3, -0.25) is 9.59 Å². The van der Waals surface area contributed by atoms with Crippen molar-refractivity contribution in [3.05, 3.63) is 0 Å². The summed E-state index contributed by atoms with van der Waals surface area (Å²) in [5, 5.41) is 8.70. The molecule has 1 unspecified atom stereocenters. The van der Waals surface area contributed by atoms with Crippen LogP contribution in [0.15, 0.2) is 0 Å². The zero-order chi connectivity index (χ0) is 15.2. The van der Waals surface area contributed by atoms with Gasteiger partial charge < -0.3 is 14.9 Å². The topological polar surface area (TPSA) is 60.9 Å². The normalized spacial score (nSPS) is 13.4. The zero-order valence-electron chi connectivity index (χ0n) is 11.2. The number of nitrogens with zero attached hydrogens (tertiary/aromatic N) is 2. The van der Waals surface area contributed by atoms with Gasteiger partial charge in [-0.2, -0.15) is 13.2 Å². The van der Waals surface area contributed by atoms with Gasteiger partial charge in [-0.15, -0.1) is 0 Å². The molecule has 112 valence electrons. The van der Waals surface area contributed by atoms with Gasteiger partial charge >= 0.3 is 18.1 Å². The first-order valence-corrected chi connectivity index (χ1v) is 5.79. The van der Waals surface area contributed by atoms with E-state index in [0.717, 1.165) is 0 Å². The lowest BCUT2D eigenvalue weighted by molar-refractivity contribution is -0.186. The fourth-order valence-electron chi connectivity index (χ4n) is 1.44. The Morgan fingerprint density at radius 3 is 2.11 bits per heavy atom. The molecule has 8 heteroatoms. The van der Waals surface area contributed by atoms with E-state index in [1.165, 1.54) is 6.92 Å². The minimum Gasteiger partial charge on any atom is -0.481 e. The first-order valence-electron chi connectivity index (χ1n) is 5.79. The second-order valence-corrected chi connectivity index (χ2v) is 4.65. The standard InChI is InChI=1S/C11H19F3N2O3/c1-8(9(17)18)7-16(6-4-5-15(2)3)10(19)11(12,13)14/h8H,4-7H2,1-3H3,(H,17,18). The van der Waals surface area contributed by atoms with Crippen LogP contribution in [0, 0.1) is 5.92 Å². The van der Waals surface area contributed by atoms with Crippen molar-refractivity contribution in [2.75, 3.05) is 33.7 Å². The molecule has 0 rings (SSSR count). The van der Waals surface area contributed by atoms with Crippen LogP contribution >= 0.6 is 0 Å². The van der Waals surface area contributed by atoms with Crippen LogP contribution in [0.25, 0.3) is 0 Å². The Labute approximate surface area is 110 Å². The van der Waals surface area contributed by atoms with Crippen LogP contribution < -0.4 is 0 Å². The van der Waals surface area contributed by atoms with Gasteiger partial charge in [0.1, 0.15) is 0 Å². The van der Waals surface area contributed by atoms with Crippen LogP contribution in [-0.2, 0) is 9.59 Å². The molecular formula is C11H19F3N2O3. The number of halogens is 3. The lowest BCUT2D eigenvalue weighted by atomic mass is 10.1. The molecule has 0 fully saturated rings. The van der Waals surface area contributed by atoms with Crippen molar-refractivity contribution in [2.24, 2.45) is 5.92 Å². The third-order valence-electron chi connectivity index (χ3n) is 2.48. The summed E-state index contributed by atoms with van der Waals surface area (Å²) in [6.45, 7) is 1.23. The molecule has 0 saturated carbocycles. The largest absolute Gasteiger partial charge is 0.481 e. The van der Waals surface area contributed by atoms with Crippen LogP contribution in [0.4, 0.5) is 13.2 Å². The van der Waals surface area contributed by atoms with E-state index in [1.807, 2.05) is 0 Å². The Morgan fingerprint density at radius 1 is 1.21 bits per heavy atom. The molecule has 1 amide bonds. The number of alkyl halides is 3. The van der Waals surface area contributed by atoms with Crippen LogP contribution in [0.1, 0.15) is 13.3 Å². The number of rotatable bonds is 7. The second kappa shape index (κ2) is 7.32. The quantitative estimate of drug-likeness (QED) is 0.759. The predicted octanol–water partition coefficient (Wildman–Crippen LogP) is 1.05. The lowest BCUT2D eigenvalue weighted by Crippen LogP contribution is -2.45. The maximum Gasteiger partial charge on any atom is 0.471 e. The number of carboxylic acid groups (broad SMARTS) is 1. The van der Waals surface area contributed by atoms with E-state index in [0.29, 0.717) is 17.9 Å². The average Bonchev–Trinajstić information content (AvgIpc) is 2.24. The summed E-state index contributed by atoms with van der Waals surface area (Å²) in [4.78, 5) is 24.2. The molecule has 0 heterocycles. The Morgan fingerprint density at radius 2 is 1.74 bits per heavy atom. The van der Waals surface area contributed by atoms with E-state index in [2.05, 4.69) is 0 Å². The summed E-state index contributed by atoms with van der Waals surface area (Å²) in [7, 11) is 3.52. The Kier molecular flexibility index (Phi) is 6.82. The summed E-state index contributed by atoms with van der Waals surface area (Å²) in [6.07, 6.45) is -4.63. The van der Waals surface area contributed by atoms with Crippen LogP contribution in [0.5, 0.6) is 0 Å². The third-order valence-corrected chi connectivity index (χ3v) is 2.48. The van der Waals surface area contributed by atoms with Crippen LogP contribution in [-0.4, -0.2) is 66.7 Å². The van der Waals surface area contributed by atoms with Gasteiger partial charge in [0.2, 0.25) is 0 Å². The molecule has 1 N–H and O–H groups in total. The van der Waals surface area contributed by atoms with E-state index in [1.54, 1.807) is 19.0 Å². The van der Waals surface area contributed by atoms with E-state index < -0.39 is 30.5 Å². The number of amides is 1. The molecule has 19 heavy (non-hydrogen) atoms. The average molecular weight is 284 g/mol. The van der Waals surface area contributed by atoms with Gasteiger partial charge in [0.05, 0.1) is 5.92 Å². The van der Waals surface area contributed by atoms with E-state index >= 15 is 0 Å². The fourth-order valence-corrected chi connectivity index (χ4v) is 1.44. The Balaban J connectivity index is 4.64. The second-order valence-electron chi connectivity index (χ2n) is 4.65. The zero-order valence-corrected chi connectivity index (χ0v) is 11.2. The van der Waals surface area contributed by atoms with Gasteiger partial charge in [0.25, 0.3) is 0 Å². The summed E-state index contributed by atoms with van der Waals surface area (Å²) in [6, 6.07) is 0. The molecule has 5 nitrogen and oxygen atoms in total. The molecule has 0 aromatic rings. The van der Waals surface area contributed by atoms with Crippen molar-refractivity contribution >= 4 is 11.9 Å². The molecule has 0 saturated heterocycles. The van der Waals surface area contributed by atoms with Crippen LogP contribution in [0.2, 0.25) is 0 Å². The van der Waals surface area contributed by atoms with Crippen molar-refractivity contribution in [3.8, 4) is 0 Å². The van der Waals surface area contributed by atoms with Crippen molar-refractivity contribution in [3.63, 3.8) is 0 Å². The SMILES string of the molecule is CC(CN(CCCN(C)C)C(=O)C(F)(F)F)C(=O)O.